The number of esters is 2. The molecule has 0 radical (unpaired) electrons. The minimum absolute atomic E-state index is 0.0231. The van der Waals surface area contributed by atoms with E-state index >= 15 is 0 Å². The molecule has 1 aromatic heterocycles. The van der Waals surface area contributed by atoms with E-state index < -0.39 is 17.9 Å². The first-order valence-electron chi connectivity index (χ1n) is 7.62. The molecule has 0 spiro atoms. The van der Waals surface area contributed by atoms with Crippen molar-refractivity contribution in [1.29, 1.82) is 0 Å². The molecule has 0 atom stereocenters. The number of carbonyl (C=O) groups excluding carboxylic acids is 2. The van der Waals surface area contributed by atoms with E-state index in [9.17, 15) is 9.59 Å². The molecule has 0 aliphatic heterocycles. The number of hydrogen-bond donors (Lipinski definition) is 0. The Morgan fingerprint density at radius 2 is 1.71 bits per heavy atom. The van der Waals surface area contributed by atoms with Gasteiger partial charge in [0.05, 0.1) is 13.2 Å². The van der Waals surface area contributed by atoms with E-state index in [1.165, 1.54) is 6.07 Å². The molecule has 7 heteroatoms. The largest absolute Gasteiger partial charge is 0.471 e. The van der Waals surface area contributed by atoms with Gasteiger partial charge in [-0.2, -0.15) is 0 Å². The molecule has 0 fully saturated rings. The van der Waals surface area contributed by atoms with Gasteiger partial charge in [0.1, 0.15) is 6.61 Å². The molecule has 128 valence electrons. The van der Waals surface area contributed by atoms with Gasteiger partial charge in [0.15, 0.2) is 5.76 Å². The molecule has 2 rings (SSSR count). The number of nitrogens with zero attached hydrogens (tertiary/aromatic N) is 1. The van der Waals surface area contributed by atoms with Gasteiger partial charge in [0, 0.05) is 6.07 Å². The van der Waals surface area contributed by atoms with E-state index in [-0.39, 0.29) is 31.5 Å². The standard InChI is InChI=1S/C17H19NO6/c1-3-21-16(19)15(17(20)22-4-2)13-10-14(18-24-13)23-11-12-8-6-5-7-9-12/h5-10,15H,3-4,11H2,1-2H3. The monoisotopic (exact) mass is 333 g/mol. The third-order valence-electron chi connectivity index (χ3n) is 3.07. The fourth-order valence-electron chi connectivity index (χ4n) is 1.99. The van der Waals surface area contributed by atoms with Gasteiger partial charge in [-0.25, -0.2) is 0 Å². The van der Waals surface area contributed by atoms with Gasteiger partial charge in [-0.1, -0.05) is 30.3 Å². The van der Waals surface area contributed by atoms with Crippen LogP contribution >= 0.6 is 0 Å². The molecule has 0 unspecified atom stereocenters. The summed E-state index contributed by atoms with van der Waals surface area (Å²) in [6.45, 7) is 3.86. The van der Waals surface area contributed by atoms with Crippen LogP contribution in [0.25, 0.3) is 0 Å². The molecule has 2 aromatic rings. The molecular weight excluding hydrogens is 314 g/mol. The molecule has 0 N–H and O–H groups in total. The highest BCUT2D eigenvalue weighted by atomic mass is 16.6. The van der Waals surface area contributed by atoms with Crippen molar-refractivity contribution >= 4 is 11.9 Å². The summed E-state index contributed by atoms with van der Waals surface area (Å²) >= 11 is 0. The van der Waals surface area contributed by atoms with Crippen molar-refractivity contribution in [1.82, 2.24) is 5.16 Å². The third kappa shape index (κ3) is 4.58. The molecule has 0 bridgehead atoms. The summed E-state index contributed by atoms with van der Waals surface area (Å²) in [6.07, 6.45) is 0. The lowest BCUT2D eigenvalue weighted by molar-refractivity contribution is -0.157. The minimum Gasteiger partial charge on any atom is -0.471 e. The second kappa shape index (κ2) is 8.71. The zero-order valence-corrected chi connectivity index (χ0v) is 13.6. The number of ether oxygens (including phenoxy) is 3. The second-order valence-corrected chi connectivity index (χ2v) is 4.78. The van der Waals surface area contributed by atoms with Crippen molar-refractivity contribution in [3.05, 3.63) is 47.7 Å². The molecule has 0 aliphatic carbocycles. The molecule has 7 nitrogen and oxygen atoms in total. The van der Waals surface area contributed by atoms with Crippen LogP contribution in [0.3, 0.4) is 0 Å². The van der Waals surface area contributed by atoms with E-state index in [1.54, 1.807) is 13.8 Å². The highest BCUT2D eigenvalue weighted by Gasteiger charge is 2.35. The van der Waals surface area contributed by atoms with Crippen LogP contribution in [0.5, 0.6) is 5.88 Å². The Bertz CT molecular complexity index is 649. The summed E-state index contributed by atoms with van der Waals surface area (Å²) in [5.41, 5.74) is 0.953. The first kappa shape index (κ1) is 17.5. The van der Waals surface area contributed by atoms with Crippen LogP contribution < -0.4 is 4.74 Å². The number of carbonyl (C=O) groups is 2. The smallest absolute Gasteiger partial charge is 0.328 e. The lowest BCUT2D eigenvalue weighted by atomic mass is 10.1. The molecule has 0 aliphatic rings. The Labute approximate surface area is 139 Å². The third-order valence-corrected chi connectivity index (χ3v) is 3.07. The lowest BCUT2D eigenvalue weighted by Crippen LogP contribution is -2.25. The van der Waals surface area contributed by atoms with Crippen molar-refractivity contribution in [2.45, 2.75) is 26.4 Å². The predicted octanol–water partition coefficient (Wildman–Crippen LogP) is 2.46. The van der Waals surface area contributed by atoms with Crippen LogP contribution in [-0.2, 0) is 25.7 Å². The maximum atomic E-state index is 12.0. The summed E-state index contributed by atoms with van der Waals surface area (Å²) in [5.74, 6) is -2.61. The van der Waals surface area contributed by atoms with E-state index in [2.05, 4.69) is 5.16 Å². The van der Waals surface area contributed by atoms with Crippen LogP contribution in [0.15, 0.2) is 40.9 Å². The Morgan fingerprint density at radius 1 is 1.08 bits per heavy atom. The van der Waals surface area contributed by atoms with Crippen LogP contribution in [0.1, 0.15) is 31.1 Å². The van der Waals surface area contributed by atoms with Gasteiger partial charge in [0.25, 0.3) is 5.88 Å². The number of hydrogen-bond acceptors (Lipinski definition) is 7. The summed E-state index contributed by atoms with van der Waals surface area (Å²) < 4.78 is 20.4. The topological polar surface area (TPSA) is 87.9 Å². The summed E-state index contributed by atoms with van der Waals surface area (Å²) in [7, 11) is 0. The number of benzene rings is 1. The molecule has 1 aromatic carbocycles. The highest BCUT2D eigenvalue weighted by Crippen LogP contribution is 2.24. The van der Waals surface area contributed by atoms with Crippen LogP contribution in [0.4, 0.5) is 0 Å². The summed E-state index contributed by atoms with van der Waals surface area (Å²) in [5, 5.41) is 3.72. The number of aromatic nitrogens is 1. The van der Waals surface area contributed by atoms with E-state index in [4.69, 9.17) is 18.7 Å². The van der Waals surface area contributed by atoms with E-state index in [1.807, 2.05) is 30.3 Å². The fourth-order valence-corrected chi connectivity index (χ4v) is 1.99. The zero-order valence-electron chi connectivity index (χ0n) is 13.6. The normalized spacial score (nSPS) is 10.5. The Morgan fingerprint density at radius 3 is 2.29 bits per heavy atom. The summed E-state index contributed by atoms with van der Waals surface area (Å²) in [6, 6.07) is 10.9. The molecule has 0 saturated carbocycles. The quantitative estimate of drug-likeness (QED) is 0.541. The van der Waals surface area contributed by atoms with Crippen LogP contribution in [0.2, 0.25) is 0 Å². The van der Waals surface area contributed by atoms with Gasteiger partial charge in [-0.3, -0.25) is 9.59 Å². The second-order valence-electron chi connectivity index (χ2n) is 4.78. The highest BCUT2D eigenvalue weighted by molar-refractivity contribution is 6.00. The SMILES string of the molecule is CCOC(=O)C(C(=O)OCC)c1cc(OCc2ccccc2)no1. The van der Waals surface area contributed by atoms with Gasteiger partial charge >= 0.3 is 11.9 Å². The fraction of sp³-hybridized carbons (Fsp3) is 0.353. The van der Waals surface area contributed by atoms with Crippen molar-refractivity contribution < 1.29 is 28.3 Å². The first-order valence-corrected chi connectivity index (χ1v) is 7.62. The first-order chi connectivity index (χ1) is 11.7. The number of rotatable bonds is 8. The molecular formula is C17H19NO6. The molecule has 1 heterocycles. The van der Waals surface area contributed by atoms with Gasteiger partial charge in [-0.15, -0.1) is 0 Å². The van der Waals surface area contributed by atoms with Gasteiger partial charge in [-0.05, 0) is 24.6 Å². The van der Waals surface area contributed by atoms with Crippen molar-refractivity contribution in [2.24, 2.45) is 0 Å². The lowest BCUT2D eigenvalue weighted by Gasteiger charge is -2.11. The Balaban J connectivity index is 2.09. The predicted molar refractivity (Wildman–Crippen MR) is 83.3 cm³/mol. The van der Waals surface area contributed by atoms with Gasteiger partial charge < -0.3 is 18.7 Å². The van der Waals surface area contributed by atoms with E-state index in [0.29, 0.717) is 0 Å². The maximum absolute atomic E-state index is 12.0. The minimum atomic E-state index is -1.31. The van der Waals surface area contributed by atoms with Crippen LogP contribution in [-0.4, -0.2) is 30.3 Å². The van der Waals surface area contributed by atoms with Crippen molar-refractivity contribution in [3.63, 3.8) is 0 Å². The zero-order chi connectivity index (χ0) is 17.4. The Hall–Kier alpha value is -2.83. The van der Waals surface area contributed by atoms with Crippen molar-refractivity contribution in [2.75, 3.05) is 13.2 Å². The molecule has 24 heavy (non-hydrogen) atoms. The van der Waals surface area contributed by atoms with Crippen molar-refractivity contribution in [3.8, 4) is 5.88 Å². The average Bonchev–Trinajstić information content (AvgIpc) is 3.03. The van der Waals surface area contributed by atoms with E-state index in [0.717, 1.165) is 5.56 Å². The average molecular weight is 333 g/mol. The molecule has 0 saturated heterocycles. The maximum Gasteiger partial charge on any atom is 0.328 e. The molecule has 0 amide bonds. The van der Waals surface area contributed by atoms with Gasteiger partial charge in [0.2, 0.25) is 5.92 Å². The Kier molecular flexibility index (Phi) is 6.36. The summed E-state index contributed by atoms with van der Waals surface area (Å²) in [4.78, 5) is 24.0. The van der Waals surface area contributed by atoms with Crippen LogP contribution in [0, 0.1) is 0 Å².